The number of nitrogens with zero attached hydrogens (tertiary/aromatic N) is 1. The van der Waals surface area contributed by atoms with E-state index in [-0.39, 0.29) is 23.7 Å². The maximum atomic E-state index is 12.4. The number of aryl methyl sites for hydroxylation is 2. The minimum absolute atomic E-state index is 0.00487. The molecule has 0 aromatic heterocycles. The van der Waals surface area contributed by atoms with E-state index in [2.05, 4.69) is 12.1 Å². The summed E-state index contributed by atoms with van der Waals surface area (Å²) in [5.41, 5.74) is 3.35. The van der Waals surface area contributed by atoms with Crippen molar-refractivity contribution in [3.8, 4) is 0 Å². The second-order valence-corrected chi connectivity index (χ2v) is 5.85. The smallest absolute Gasteiger partial charge is 0.233 e. The average molecular weight is 269 g/mol. The van der Waals surface area contributed by atoms with Crippen LogP contribution in [-0.4, -0.2) is 16.7 Å². The molecule has 3 nitrogen and oxygen atoms in total. The molecule has 104 valence electrons. The Morgan fingerprint density at radius 3 is 2.25 bits per heavy atom. The first-order valence-corrected chi connectivity index (χ1v) is 7.14. The van der Waals surface area contributed by atoms with E-state index in [0.717, 1.165) is 16.7 Å². The number of amides is 2. The standard InChI is InChI=1S/C17H19NO2/c1-11-7-8-12(2)13(9-11)10-18-16(19)14-5-3-4-6-15(14)17(18)20/h3-4,7-9,14-15H,5-6,10H2,1-2H3. The van der Waals surface area contributed by atoms with Crippen molar-refractivity contribution in [1.82, 2.24) is 4.90 Å². The van der Waals surface area contributed by atoms with Crippen LogP contribution >= 0.6 is 0 Å². The van der Waals surface area contributed by atoms with Gasteiger partial charge in [-0.2, -0.15) is 0 Å². The molecule has 2 amide bonds. The number of allylic oxidation sites excluding steroid dienone is 2. The average Bonchev–Trinajstić information content (AvgIpc) is 2.68. The van der Waals surface area contributed by atoms with Crippen LogP contribution in [-0.2, 0) is 16.1 Å². The number of carbonyl (C=O) groups is 2. The fourth-order valence-electron chi connectivity index (χ4n) is 3.17. The highest BCUT2D eigenvalue weighted by Crippen LogP contribution is 2.36. The molecule has 1 fully saturated rings. The summed E-state index contributed by atoms with van der Waals surface area (Å²) in [5, 5.41) is 0. The van der Waals surface area contributed by atoms with Gasteiger partial charge in [-0.25, -0.2) is 0 Å². The highest BCUT2D eigenvalue weighted by Gasteiger charge is 2.46. The second kappa shape index (κ2) is 4.89. The van der Waals surface area contributed by atoms with E-state index in [1.54, 1.807) is 0 Å². The Morgan fingerprint density at radius 2 is 1.65 bits per heavy atom. The van der Waals surface area contributed by atoms with E-state index >= 15 is 0 Å². The van der Waals surface area contributed by atoms with Crippen LogP contribution in [0.5, 0.6) is 0 Å². The summed E-state index contributed by atoms with van der Waals surface area (Å²) in [5.74, 6) is -0.245. The summed E-state index contributed by atoms with van der Waals surface area (Å²) < 4.78 is 0. The molecule has 0 spiro atoms. The zero-order chi connectivity index (χ0) is 14.3. The summed E-state index contributed by atoms with van der Waals surface area (Å²) in [6.07, 6.45) is 5.46. The monoisotopic (exact) mass is 269 g/mol. The summed E-state index contributed by atoms with van der Waals surface area (Å²) >= 11 is 0. The van der Waals surface area contributed by atoms with Crippen LogP contribution in [0, 0.1) is 25.7 Å². The third kappa shape index (κ3) is 2.07. The molecule has 1 aromatic rings. The van der Waals surface area contributed by atoms with Gasteiger partial charge in [0.1, 0.15) is 0 Å². The molecule has 1 heterocycles. The van der Waals surface area contributed by atoms with Gasteiger partial charge in [0, 0.05) is 0 Å². The Morgan fingerprint density at radius 1 is 1.05 bits per heavy atom. The van der Waals surface area contributed by atoms with Gasteiger partial charge in [-0.15, -0.1) is 0 Å². The maximum absolute atomic E-state index is 12.4. The van der Waals surface area contributed by atoms with Gasteiger partial charge in [0.25, 0.3) is 0 Å². The molecule has 0 saturated carbocycles. The second-order valence-electron chi connectivity index (χ2n) is 5.85. The molecular formula is C17H19NO2. The molecule has 1 saturated heterocycles. The van der Waals surface area contributed by atoms with Gasteiger partial charge in [-0.3, -0.25) is 14.5 Å². The highest BCUT2D eigenvalue weighted by molar-refractivity contribution is 6.05. The fraction of sp³-hybridized carbons (Fsp3) is 0.412. The van der Waals surface area contributed by atoms with Crippen molar-refractivity contribution in [2.24, 2.45) is 11.8 Å². The van der Waals surface area contributed by atoms with E-state index < -0.39 is 0 Å². The summed E-state index contributed by atoms with van der Waals surface area (Å²) in [6, 6.07) is 6.16. The van der Waals surface area contributed by atoms with Crippen molar-refractivity contribution in [3.63, 3.8) is 0 Å². The number of benzene rings is 1. The summed E-state index contributed by atoms with van der Waals surface area (Å²) in [7, 11) is 0. The topological polar surface area (TPSA) is 37.4 Å². The van der Waals surface area contributed by atoms with E-state index in [4.69, 9.17) is 0 Å². The van der Waals surface area contributed by atoms with Gasteiger partial charge in [0.05, 0.1) is 18.4 Å². The first kappa shape index (κ1) is 13.1. The number of rotatable bonds is 2. The first-order chi connectivity index (χ1) is 9.58. The van der Waals surface area contributed by atoms with Gasteiger partial charge in [0.2, 0.25) is 11.8 Å². The lowest BCUT2D eigenvalue weighted by Gasteiger charge is -2.16. The third-order valence-corrected chi connectivity index (χ3v) is 4.43. The Kier molecular flexibility index (Phi) is 3.20. The van der Waals surface area contributed by atoms with Gasteiger partial charge in [-0.1, -0.05) is 35.9 Å². The molecule has 20 heavy (non-hydrogen) atoms. The van der Waals surface area contributed by atoms with Crippen LogP contribution in [0.3, 0.4) is 0 Å². The molecule has 3 rings (SSSR count). The highest BCUT2D eigenvalue weighted by atomic mass is 16.2. The lowest BCUT2D eigenvalue weighted by molar-refractivity contribution is -0.140. The molecule has 1 aliphatic carbocycles. The molecule has 3 heteroatoms. The zero-order valence-corrected chi connectivity index (χ0v) is 11.9. The number of fused-ring (bicyclic) bond motifs is 1. The Bertz CT molecular complexity index is 577. The van der Waals surface area contributed by atoms with E-state index in [9.17, 15) is 9.59 Å². The number of likely N-dealkylation sites (tertiary alicyclic amines) is 1. The first-order valence-electron chi connectivity index (χ1n) is 7.14. The molecule has 0 bridgehead atoms. The maximum Gasteiger partial charge on any atom is 0.233 e. The number of imide groups is 1. The van der Waals surface area contributed by atoms with Crippen LogP contribution < -0.4 is 0 Å². The quantitative estimate of drug-likeness (QED) is 0.611. The number of hydrogen-bond donors (Lipinski definition) is 0. The predicted octanol–water partition coefficient (Wildman–Crippen LogP) is 2.75. The molecule has 1 aromatic carbocycles. The van der Waals surface area contributed by atoms with Crippen molar-refractivity contribution in [2.75, 3.05) is 0 Å². The molecular weight excluding hydrogens is 250 g/mol. The van der Waals surface area contributed by atoms with Crippen LogP contribution in [0.25, 0.3) is 0 Å². The van der Waals surface area contributed by atoms with Crippen molar-refractivity contribution in [2.45, 2.75) is 33.2 Å². The van der Waals surface area contributed by atoms with E-state index in [1.807, 2.05) is 32.1 Å². The van der Waals surface area contributed by atoms with Crippen LogP contribution in [0.4, 0.5) is 0 Å². The van der Waals surface area contributed by atoms with Crippen molar-refractivity contribution < 1.29 is 9.59 Å². The van der Waals surface area contributed by atoms with Gasteiger partial charge in [-0.05, 0) is 37.8 Å². The van der Waals surface area contributed by atoms with Crippen molar-refractivity contribution in [1.29, 1.82) is 0 Å². The Labute approximate surface area is 119 Å². The molecule has 2 unspecified atom stereocenters. The largest absolute Gasteiger partial charge is 0.278 e. The molecule has 2 aliphatic rings. The van der Waals surface area contributed by atoms with Crippen molar-refractivity contribution >= 4 is 11.8 Å². The van der Waals surface area contributed by atoms with Gasteiger partial charge < -0.3 is 0 Å². The third-order valence-electron chi connectivity index (χ3n) is 4.43. The zero-order valence-electron chi connectivity index (χ0n) is 11.9. The van der Waals surface area contributed by atoms with Gasteiger partial charge in [0.15, 0.2) is 0 Å². The van der Waals surface area contributed by atoms with E-state index in [0.29, 0.717) is 19.4 Å². The predicted molar refractivity (Wildman–Crippen MR) is 76.8 cm³/mol. The van der Waals surface area contributed by atoms with Crippen LogP contribution in [0.1, 0.15) is 29.5 Å². The molecule has 0 N–H and O–H groups in total. The molecule has 0 radical (unpaired) electrons. The minimum Gasteiger partial charge on any atom is -0.278 e. The van der Waals surface area contributed by atoms with E-state index in [1.165, 1.54) is 4.90 Å². The fourth-order valence-corrected chi connectivity index (χ4v) is 3.17. The summed E-state index contributed by atoms with van der Waals surface area (Å²) in [6.45, 7) is 4.47. The molecule has 1 aliphatic heterocycles. The number of carbonyl (C=O) groups excluding carboxylic acids is 2. The van der Waals surface area contributed by atoms with Crippen LogP contribution in [0.15, 0.2) is 30.4 Å². The Hall–Kier alpha value is -1.90. The lowest BCUT2D eigenvalue weighted by Crippen LogP contribution is -2.30. The normalized spacial score (nSPS) is 25.2. The van der Waals surface area contributed by atoms with Gasteiger partial charge >= 0.3 is 0 Å². The minimum atomic E-state index is -0.127. The SMILES string of the molecule is Cc1ccc(C)c(CN2C(=O)C3CC=CCC3C2=O)c1. The Balaban J connectivity index is 1.86. The van der Waals surface area contributed by atoms with Crippen LogP contribution in [0.2, 0.25) is 0 Å². The summed E-state index contributed by atoms with van der Waals surface area (Å²) in [4.78, 5) is 26.3. The molecule has 2 atom stereocenters. The lowest BCUT2D eigenvalue weighted by atomic mass is 9.85. The number of hydrogen-bond acceptors (Lipinski definition) is 2. The van der Waals surface area contributed by atoms with Crippen molar-refractivity contribution in [3.05, 3.63) is 47.0 Å².